The van der Waals surface area contributed by atoms with E-state index in [1.807, 2.05) is 7.05 Å². The third-order valence-electron chi connectivity index (χ3n) is 2.44. The Balaban J connectivity index is 2.36. The molecule has 0 radical (unpaired) electrons. The summed E-state index contributed by atoms with van der Waals surface area (Å²) in [5.74, 6) is -0.289. The second-order valence-corrected chi connectivity index (χ2v) is 4.77. The summed E-state index contributed by atoms with van der Waals surface area (Å²) in [4.78, 5) is 15.0. The van der Waals surface area contributed by atoms with Crippen molar-refractivity contribution in [2.75, 3.05) is 19.4 Å². The summed E-state index contributed by atoms with van der Waals surface area (Å²) < 4.78 is 5.00. The Morgan fingerprint density at radius 1 is 1.60 bits per heavy atom. The zero-order valence-electron chi connectivity index (χ0n) is 8.87. The van der Waals surface area contributed by atoms with E-state index in [1.54, 1.807) is 6.92 Å². The lowest BCUT2D eigenvalue weighted by Crippen LogP contribution is -2.12. The summed E-state index contributed by atoms with van der Waals surface area (Å²) in [7, 11) is 2.03. The predicted molar refractivity (Wildman–Crippen MR) is 59.9 cm³/mol. The van der Waals surface area contributed by atoms with Gasteiger partial charge >= 0.3 is 5.97 Å². The largest absolute Gasteiger partial charge is 0.462 e. The van der Waals surface area contributed by atoms with Crippen molar-refractivity contribution in [1.82, 2.24) is 4.90 Å². The SMILES string of the molecule is CCOC(=O)c1c(N)sc2c1CN(C)C2. The minimum atomic E-state index is -0.289. The number of nitrogen functional groups attached to an aromatic ring is 1. The van der Waals surface area contributed by atoms with Crippen molar-refractivity contribution in [3.63, 3.8) is 0 Å². The first kappa shape index (κ1) is 10.4. The van der Waals surface area contributed by atoms with Crippen molar-refractivity contribution in [3.8, 4) is 0 Å². The van der Waals surface area contributed by atoms with Crippen molar-refractivity contribution < 1.29 is 9.53 Å². The highest BCUT2D eigenvalue weighted by Crippen LogP contribution is 2.37. The first-order valence-electron chi connectivity index (χ1n) is 4.89. The van der Waals surface area contributed by atoms with E-state index in [0.717, 1.165) is 18.7 Å². The number of hydrogen-bond acceptors (Lipinski definition) is 5. The van der Waals surface area contributed by atoms with Crippen LogP contribution >= 0.6 is 11.3 Å². The quantitative estimate of drug-likeness (QED) is 0.775. The summed E-state index contributed by atoms with van der Waals surface area (Å²) in [6.45, 7) is 3.85. The maximum absolute atomic E-state index is 11.7. The van der Waals surface area contributed by atoms with Crippen LogP contribution in [0.15, 0.2) is 0 Å². The standard InChI is InChI=1S/C10H14N2O2S/c1-3-14-10(13)8-6-4-12(2)5-7(6)15-9(8)11/h3-5,11H2,1-2H3. The van der Waals surface area contributed by atoms with E-state index < -0.39 is 0 Å². The summed E-state index contributed by atoms with van der Waals surface area (Å²) in [6.07, 6.45) is 0. The van der Waals surface area contributed by atoms with E-state index >= 15 is 0 Å². The molecule has 0 aromatic carbocycles. The van der Waals surface area contributed by atoms with Crippen LogP contribution in [0.1, 0.15) is 27.7 Å². The van der Waals surface area contributed by atoms with Crippen LogP contribution in [-0.4, -0.2) is 24.5 Å². The Labute approximate surface area is 92.6 Å². The predicted octanol–water partition coefficient (Wildman–Crippen LogP) is 1.45. The molecule has 0 spiro atoms. The molecule has 0 amide bonds. The normalized spacial score (nSPS) is 15.3. The number of anilines is 1. The molecule has 0 unspecified atom stereocenters. The Bertz CT molecular complexity index is 400. The summed E-state index contributed by atoms with van der Waals surface area (Å²) in [5.41, 5.74) is 7.47. The molecular weight excluding hydrogens is 212 g/mol. The van der Waals surface area contributed by atoms with Crippen LogP contribution in [0.3, 0.4) is 0 Å². The summed E-state index contributed by atoms with van der Waals surface area (Å²) in [5, 5.41) is 0.589. The highest BCUT2D eigenvalue weighted by molar-refractivity contribution is 7.16. The van der Waals surface area contributed by atoms with E-state index in [1.165, 1.54) is 16.2 Å². The summed E-state index contributed by atoms with van der Waals surface area (Å²) in [6, 6.07) is 0. The van der Waals surface area contributed by atoms with Gasteiger partial charge in [-0.05, 0) is 19.5 Å². The van der Waals surface area contributed by atoms with Crippen LogP contribution < -0.4 is 5.73 Å². The van der Waals surface area contributed by atoms with Gasteiger partial charge in [-0.25, -0.2) is 4.79 Å². The van der Waals surface area contributed by atoms with Gasteiger partial charge in [0, 0.05) is 18.0 Å². The fourth-order valence-electron chi connectivity index (χ4n) is 1.83. The number of hydrogen-bond donors (Lipinski definition) is 1. The van der Waals surface area contributed by atoms with E-state index in [0.29, 0.717) is 17.2 Å². The molecule has 1 aromatic heterocycles. The number of rotatable bonds is 2. The van der Waals surface area contributed by atoms with E-state index in [-0.39, 0.29) is 5.97 Å². The van der Waals surface area contributed by atoms with Gasteiger partial charge in [-0.15, -0.1) is 11.3 Å². The smallest absolute Gasteiger partial charge is 0.341 e. The highest BCUT2D eigenvalue weighted by atomic mass is 32.1. The number of carbonyl (C=O) groups is 1. The number of fused-ring (bicyclic) bond motifs is 1. The van der Waals surface area contributed by atoms with Crippen molar-refractivity contribution in [3.05, 3.63) is 16.0 Å². The molecule has 0 atom stereocenters. The Kier molecular flexibility index (Phi) is 2.67. The van der Waals surface area contributed by atoms with Gasteiger partial charge in [0.1, 0.15) is 5.00 Å². The highest BCUT2D eigenvalue weighted by Gasteiger charge is 2.28. The number of nitrogens with two attached hydrogens (primary N) is 1. The Hall–Kier alpha value is -1.07. The second-order valence-electron chi connectivity index (χ2n) is 3.64. The molecule has 0 saturated carbocycles. The lowest BCUT2D eigenvalue weighted by Gasteiger charge is -2.07. The summed E-state index contributed by atoms with van der Waals surface area (Å²) >= 11 is 1.50. The first-order chi connectivity index (χ1) is 7.13. The van der Waals surface area contributed by atoms with Gasteiger partial charge in [0.05, 0.1) is 12.2 Å². The molecule has 2 heterocycles. The molecule has 5 heteroatoms. The molecule has 15 heavy (non-hydrogen) atoms. The first-order valence-corrected chi connectivity index (χ1v) is 5.70. The molecule has 0 saturated heterocycles. The molecule has 0 bridgehead atoms. The van der Waals surface area contributed by atoms with Gasteiger partial charge in [-0.3, -0.25) is 4.90 Å². The average Bonchev–Trinajstić information content (AvgIpc) is 2.59. The van der Waals surface area contributed by atoms with Crippen molar-refractivity contribution >= 4 is 22.3 Å². The van der Waals surface area contributed by atoms with E-state index in [4.69, 9.17) is 10.5 Å². The number of carbonyl (C=O) groups excluding carboxylic acids is 1. The number of ether oxygens (including phenoxy) is 1. The third-order valence-corrected chi connectivity index (χ3v) is 3.48. The Morgan fingerprint density at radius 3 is 3.00 bits per heavy atom. The molecule has 0 fully saturated rings. The van der Waals surface area contributed by atoms with Crippen molar-refractivity contribution in [2.45, 2.75) is 20.0 Å². The minimum Gasteiger partial charge on any atom is -0.462 e. The van der Waals surface area contributed by atoms with Gasteiger partial charge in [-0.2, -0.15) is 0 Å². The third kappa shape index (κ3) is 1.72. The monoisotopic (exact) mass is 226 g/mol. The molecule has 82 valence electrons. The maximum Gasteiger partial charge on any atom is 0.341 e. The lowest BCUT2D eigenvalue weighted by atomic mass is 10.1. The molecule has 1 aliphatic heterocycles. The van der Waals surface area contributed by atoms with Crippen molar-refractivity contribution in [2.24, 2.45) is 0 Å². The Morgan fingerprint density at radius 2 is 2.33 bits per heavy atom. The van der Waals surface area contributed by atoms with Gasteiger partial charge in [-0.1, -0.05) is 0 Å². The van der Waals surface area contributed by atoms with Crippen LogP contribution in [0.4, 0.5) is 5.00 Å². The van der Waals surface area contributed by atoms with Crippen LogP contribution in [0, 0.1) is 0 Å². The zero-order chi connectivity index (χ0) is 11.0. The van der Waals surface area contributed by atoms with Gasteiger partial charge in [0.25, 0.3) is 0 Å². The zero-order valence-corrected chi connectivity index (χ0v) is 9.69. The van der Waals surface area contributed by atoms with Crippen LogP contribution in [0.5, 0.6) is 0 Å². The number of nitrogens with zero attached hydrogens (tertiary/aromatic N) is 1. The van der Waals surface area contributed by atoms with Gasteiger partial charge < -0.3 is 10.5 Å². The molecule has 2 N–H and O–H groups in total. The number of esters is 1. The molecule has 1 aromatic rings. The van der Waals surface area contributed by atoms with Crippen LogP contribution in [0.25, 0.3) is 0 Å². The molecule has 0 aliphatic carbocycles. The fraction of sp³-hybridized carbons (Fsp3) is 0.500. The van der Waals surface area contributed by atoms with Gasteiger partial charge in [0.15, 0.2) is 0 Å². The maximum atomic E-state index is 11.7. The molecule has 4 nitrogen and oxygen atoms in total. The van der Waals surface area contributed by atoms with Crippen LogP contribution in [-0.2, 0) is 17.8 Å². The lowest BCUT2D eigenvalue weighted by molar-refractivity contribution is 0.0526. The fourth-order valence-corrected chi connectivity index (χ4v) is 2.98. The van der Waals surface area contributed by atoms with Gasteiger partial charge in [0.2, 0.25) is 0 Å². The number of thiophene rings is 1. The average molecular weight is 226 g/mol. The molecule has 1 aliphatic rings. The van der Waals surface area contributed by atoms with E-state index in [9.17, 15) is 4.79 Å². The van der Waals surface area contributed by atoms with E-state index in [2.05, 4.69) is 4.90 Å². The minimum absolute atomic E-state index is 0.289. The molecular formula is C10H14N2O2S. The second kappa shape index (κ2) is 3.83. The topological polar surface area (TPSA) is 55.6 Å². The van der Waals surface area contributed by atoms with Crippen LogP contribution in [0.2, 0.25) is 0 Å². The molecule has 2 rings (SSSR count). The van der Waals surface area contributed by atoms with Crippen molar-refractivity contribution in [1.29, 1.82) is 0 Å².